The number of carbonyl (C=O) groups excluding carboxylic acids is 1. The Labute approximate surface area is 144 Å². The van der Waals surface area contributed by atoms with Crippen LogP contribution >= 0.6 is 0 Å². The van der Waals surface area contributed by atoms with Crippen LogP contribution in [-0.2, 0) is 19.4 Å². The van der Waals surface area contributed by atoms with Gasteiger partial charge in [-0.25, -0.2) is 0 Å². The number of hydrogen-bond donors (Lipinski definition) is 3. The first-order valence-electron chi connectivity index (χ1n) is 8.19. The lowest BCUT2D eigenvalue weighted by Gasteiger charge is -2.17. The maximum atomic E-state index is 12.6. The number of fused-ring (bicyclic) bond motifs is 3. The Hall–Kier alpha value is -3.09. The molecule has 1 aliphatic rings. The minimum Gasteiger partial charge on any atom is -0.497 e. The molecule has 0 saturated heterocycles. The Morgan fingerprint density at radius 3 is 2.96 bits per heavy atom. The Bertz CT molecular complexity index is 941. The molecule has 0 radical (unpaired) electrons. The molecule has 0 bridgehead atoms. The van der Waals surface area contributed by atoms with E-state index in [2.05, 4.69) is 25.7 Å². The number of hydrogen-bond acceptors (Lipinski definition) is 4. The Kier molecular flexibility index (Phi) is 3.76. The van der Waals surface area contributed by atoms with E-state index < -0.39 is 0 Å². The molecule has 2 heterocycles. The van der Waals surface area contributed by atoms with Crippen molar-refractivity contribution in [3.05, 3.63) is 52.5 Å². The van der Waals surface area contributed by atoms with Crippen molar-refractivity contribution in [3.63, 3.8) is 0 Å². The van der Waals surface area contributed by atoms with Crippen LogP contribution in [0.15, 0.2) is 24.4 Å². The van der Waals surface area contributed by atoms with Gasteiger partial charge in [-0.05, 0) is 43.5 Å². The zero-order valence-electron chi connectivity index (χ0n) is 14.1. The summed E-state index contributed by atoms with van der Waals surface area (Å²) in [4.78, 5) is 12.6. The second-order valence-electron chi connectivity index (χ2n) is 6.15. The van der Waals surface area contributed by atoms with Gasteiger partial charge in [0.05, 0.1) is 19.0 Å². The summed E-state index contributed by atoms with van der Waals surface area (Å²) >= 11 is 0. The van der Waals surface area contributed by atoms with Gasteiger partial charge < -0.3 is 10.1 Å². The minimum atomic E-state index is -0.147. The molecule has 7 nitrogen and oxygen atoms in total. The maximum absolute atomic E-state index is 12.6. The number of carbonyl (C=O) groups is 1. The summed E-state index contributed by atoms with van der Waals surface area (Å²) < 4.78 is 5.29. The van der Waals surface area contributed by atoms with Crippen LogP contribution < -0.4 is 10.1 Å². The molecule has 0 unspecified atom stereocenters. The molecule has 3 aromatic rings. The van der Waals surface area contributed by atoms with Gasteiger partial charge in [-0.3, -0.25) is 15.0 Å². The SMILES string of the molecule is COc1ccc2c(c1)CCc1c-2n[nH]c1C(=O)NCc1cn[nH]c1C. The molecule has 0 saturated carbocycles. The molecular formula is C18H19N5O2. The molecule has 25 heavy (non-hydrogen) atoms. The first-order valence-corrected chi connectivity index (χ1v) is 8.19. The molecule has 1 aliphatic carbocycles. The van der Waals surface area contributed by atoms with Crippen LogP contribution in [-0.4, -0.2) is 33.4 Å². The minimum absolute atomic E-state index is 0.147. The van der Waals surface area contributed by atoms with Crippen molar-refractivity contribution in [2.24, 2.45) is 0 Å². The van der Waals surface area contributed by atoms with E-state index in [4.69, 9.17) is 4.74 Å². The summed E-state index contributed by atoms with van der Waals surface area (Å²) in [6.45, 7) is 2.36. The van der Waals surface area contributed by atoms with Crippen LogP contribution in [0, 0.1) is 6.92 Å². The summed E-state index contributed by atoms with van der Waals surface area (Å²) in [7, 11) is 1.66. The van der Waals surface area contributed by atoms with Crippen molar-refractivity contribution in [1.29, 1.82) is 0 Å². The molecule has 128 valence electrons. The van der Waals surface area contributed by atoms with E-state index in [1.165, 1.54) is 5.56 Å². The molecule has 4 rings (SSSR count). The number of H-pyrrole nitrogens is 2. The third-order valence-corrected chi connectivity index (χ3v) is 4.68. The van der Waals surface area contributed by atoms with Crippen LogP contribution in [0.5, 0.6) is 5.75 Å². The normalized spacial score (nSPS) is 12.4. The number of aromatic amines is 2. The number of benzene rings is 1. The van der Waals surface area contributed by atoms with E-state index in [1.807, 2.05) is 25.1 Å². The monoisotopic (exact) mass is 337 g/mol. The molecule has 3 N–H and O–H groups in total. The van der Waals surface area contributed by atoms with Crippen LogP contribution in [0.1, 0.15) is 32.9 Å². The molecule has 7 heteroatoms. The molecule has 1 aromatic carbocycles. The van der Waals surface area contributed by atoms with Gasteiger partial charge in [0.2, 0.25) is 0 Å². The van der Waals surface area contributed by atoms with Gasteiger partial charge in [-0.2, -0.15) is 10.2 Å². The topological polar surface area (TPSA) is 95.7 Å². The van der Waals surface area contributed by atoms with Crippen molar-refractivity contribution in [1.82, 2.24) is 25.7 Å². The number of ether oxygens (including phenoxy) is 1. The van der Waals surface area contributed by atoms with Crippen molar-refractivity contribution in [3.8, 4) is 17.0 Å². The molecule has 0 spiro atoms. The predicted molar refractivity (Wildman–Crippen MR) is 92.5 cm³/mol. The summed E-state index contributed by atoms with van der Waals surface area (Å²) in [5.41, 5.74) is 6.54. The zero-order valence-corrected chi connectivity index (χ0v) is 14.1. The Morgan fingerprint density at radius 1 is 1.32 bits per heavy atom. The second-order valence-corrected chi connectivity index (χ2v) is 6.15. The average Bonchev–Trinajstić information content (AvgIpc) is 3.25. The smallest absolute Gasteiger partial charge is 0.269 e. The number of nitrogens with zero attached hydrogens (tertiary/aromatic N) is 2. The fourth-order valence-electron chi connectivity index (χ4n) is 3.23. The molecule has 0 aliphatic heterocycles. The first kappa shape index (κ1) is 15.4. The first-order chi connectivity index (χ1) is 12.2. The number of amides is 1. The van der Waals surface area contributed by atoms with Gasteiger partial charge in [-0.1, -0.05) is 0 Å². The molecule has 0 atom stereocenters. The summed E-state index contributed by atoms with van der Waals surface area (Å²) in [5.74, 6) is 0.692. The van der Waals surface area contributed by atoms with E-state index in [0.717, 1.165) is 46.7 Å². The van der Waals surface area contributed by atoms with Crippen LogP contribution in [0.4, 0.5) is 0 Å². The van der Waals surface area contributed by atoms with E-state index >= 15 is 0 Å². The van der Waals surface area contributed by atoms with Gasteiger partial charge in [-0.15, -0.1) is 0 Å². The van der Waals surface area contributed by atoms with Crippen molar-refractivity contribution in [2.75, 3.05) is 7.11 Å². The van der Waals surface area contributed by atoms with Gasteiger partial charge in [0, 0.05) is 28.9 Å². The highest BCUT2D eigenvalue weighted by molar-refractivity contribution is 5.96. The second kappa shape index (κ2) is 6.08. The largest absolute Gasteiger partial charge is 0.497 e. The van der Waals surface area contributed by atoms with Crippen LogP contribution in [0.3, 0.4) is 0 Å². The standard InChI is InChI=1S/C18H19N5O2/c1-10-12(9-20-21-10)8-19-18(24)17-15-5-3-11-7-13(25-2)4-6-14(11)16(15)22-23-17/h4,6-7,9H,3,5,8H2,1-2H3,(H,19,24)(H,20,21)(H,22,23). The number of nitrogens with one attached hydrogen (secondary N) is 3. The lowest BCUT2D eigenvalue weighted by molar-refractivity contribution is 0.0945. The van der Waals surface area contributed by atoms with Crippen molar-refractivity contribution >= 4 is 5.91 Å². The quantitative estimate of drug-likeness (QED) is 0.680. The highest BCUT2D eigenvalue weighted by atomic mass is 16.5. The van der Waals surface area contributed by atoms with E-state index in [0.29, 0.717) is 12.2 Å². The number of rotatable bonds is 4. The summed E-state index contributed by atoms with van der Waals surface area (Å²) in [6, 6.07) is 5.96. The number of aryl methyl sites for hydroxylation is 2. The summed E-state index contributed by atoms with van der Waals surface area (Å²) in [6.07, 6.45) is 3.36. The van der Waals surface area contributed by atoms with E-state index in [-0.39, 0.29) is 5.91 Å². The lowest BCUT2D eigenvalue weighted by Crippen LogP contribution is -2.24. The number of aromatic nitrogens is 4. The van der Waals surface area contributed by atoms with Crippen molar-refractivity contribution in [2.45, 2.75) is 26.3 Å². The van der Waals surface area contributed by atoms with Crippen LogP contribution in [0.25, 0.3) is 11.3 Å². The highest BCUT2D eigenvalue weighted by Crippen LogP contribution is 2.35. The van der Waals surface area contributed by atoms with Gasteiger partial charge in [0.15, 0.2) is 0 Å². The fraction of sp³-hybridized carbons (Fsp3) is 0.278. The fourth-order valence-corrected chi connectivity index (χ4v) is 3.23. The molecule has 1 amide bonds. The number of methoxy groups -OCH3 is 1. The van der Waals surface area contributed by atoms with Crippen molar-refractivity contribution < 1.29 is 9.53 Å². The van der Waals surface area contributed by atoms with E-state index in [9.17, 15) is 4.79 Å². The maximum Gasteiger partial charge on any atom is 0.269 e. The van der Waals surface area contributed by atoms with Crippen LogP contribution in [0.2, 0.25) is 0 Å². The third kappa shape index (κ3) is 2.67. The zero-order chi connectivity index (χ0) is 17.4. The van der Waals surface area contributed by atoms with E-state index in [1.54, 1.807) is 13.3 Å². The van der Waals surface area contributed by atoms with Gasteiger partial charge in [0.1, 0.15) is 11.4 Å². The Balaban J connectivity index is 1.58. The van der Waals surface area contributed by atoms with Gasteiger partial charge in [0.25, 0.3) is 5.91 Å². The molecule has 0 fully saturated rings. The molecular weight excluding hydrogens is 318 g/mol. The third-order valence-electron chi connectivity index (χ3n) is 4.68. The average molecular weight is 337 g/mol. The lowest BCUT2D eigenvalue weighted by atomic mass is 9.89. The highest BCUT2D eigenvalue weighted by Gasteiger charge is 2.25. The summed E-state index contributed by atoms with van der Waals surface area (Å²) in [5, 5.41) is 17.1. The Morgan fingerprint density at radius 2 is 2.20 bits per heavy atom. The molecule has 2 aromatic heterocycles. The predicted octanol–water partition coefficient (Wildman–Crippen LogP) is 2.15. The van der Waals surface area contributed by atoms with Gasteiger partial charge >= 0.3 is 0 Å².